The third kappa shape index (κ3) is 3.36. The molecule has 1 heterocycles. The highest BCUT2D eigenvalue weighted by atomic mass is 35.5. The topological polar surface area (TPSA) is 21.3 Å². The first-order chi connectivity index (χ1) is 7.75. The van der Waals surface area contributed by atoms with Gasteiger partial charge in [-0.1, -0.05) is 29.3 Å². The van der Waals surface area contributed by atoms with Crippen molar-refractivity contribution in [3.05, 3.63) is 33.8 Å². The molecule has 0 aliphatic carbocycles. The minimum Gasteiger partial charge on any atom is -0.381 e. The molecule has 2 rings (SSSR count). The standard InChI is InChI=1S/C12H15Cl2NO/c13-11-2-1-10(12(14)5-11)7-15-6-9-3-4-16-8-9/h1-2,5,9,15H,3-4,6-8H2. The maximum atomic E-state index is 6.08. The van der Waals surface area contributed by atoms with Crippen molar-refractivity contribution in [3.8, 4) is 0 Å². The van der Waals surface area contributed by atoms with Crippen LogP contribution in [0.15, 0.2) is 18.2 Å². The molecule has 1 aliphatic rings. The van der Waals surface area contributed by atoms with Crippen molar-refractivity contribution in [3.63, 3.8) is 0 Å². The second kappa shape index (κ2) is 5.87. The molecule has 1 aromatic rings. The lowest BCUT2D eigenvalue weighted by molar-refractivity contribution is 0.185. The summed E-state index contributed by atoms with van der Waals surface area (Å²) in [5, 5.41) is 4.80. The Hall–Kier alpha value is -0.280. The molecule has 1 N–H and O–H groups in total. The van der Waals surface area contributed by atoms with Crippen molar-refractivity contribution >= 4 is 23.2 Å². The average molecular weight is 260 g/mol. The van der Waals surface area contributed by atoms with Crippen molar-refractivity contribution in [2.75, 3.05) is 19.8 Å². The summed E-state index contributed by atoms with van der Waals surface area (Å²) in [6, 6.07) is 5.60. The highest BCUT2D eigenvalue weighted by Crippen LogP contribution is 2.21. The molecule has 88 valence electrons. The number of hydrogen-bond donors (Lipinski definition) is 1. The van der Waals surface area contributed by atoms with E-state index in [1.165, 1.54) is 0 Å². The fourth-order valence-corrected chi connectivity index (χ4v) is 2.30. The van der Waals surface area contributed by atoms with E-state index in [1.54, 1.807) is 6.07 Å². The van der Waals surface area contributed by atoms with Crippen LogP contribution in [0.25, 0.3) is 0 Å². The highest BCUT2D eigenvalue weighted by molar-refractivity contribution is 6.35. The molecule has 16 heavy (non-hydrogen) atoms. The molecular formula is C12H15Cl2NO. The highest BCUT2D eigenvalue weighted by Gasteiger charge is 2.14. The Bertz CT molecular complexity index is 351. The zero-order valence-corrected chi connectivity index (χ0v) is 10.5. The Morgan fingerprint density at radius 1 is 1.38 bits per heavy atom. The van der Waals surface area contributed by atoms with E-state index in [2.05, 4.69) is 5.32 Å². The van der Waals surface area contributed by atoms with Gasteiger partial charge in [0.25, 0.3) is 0 Å². The van der Waals surface area contributed by atoms with E-state index >= 15 is 0 Å². The maximum absolute atomic E-state index is 6.08. The van der Waals surface area contributed by atoms with Gasteiger partial charge in [-0.05, 0) is 30.0 Å². The van der Waals surface area contributed by atoms with Gasteiger partial charge in [0.15, 0.2) is 0 Å². The molecule has 1 aliphatic heterocycles. The number of benzene rings is 1. The first-order valence-electron chi connectivity index (χ1n) is 5.48. The quantitative estimate of drug-likeness (QED) is 0.898. The van der Waals surface area contributed by atoms with Crippen LogP contribution in [0.2, 0.25) is 10.0 Å². The molecule has 1 atom stereocenters. The van der Waals surface area contributed by atoms with Crippen LogP contribution in [0.3, 0.4) is 0 Å². The third-order valence-corrected chi connectivity index (χ3v) is 3.37. The number of nitrogens with one attached hydrogen (secondary N) is 1. The normalized spacial score (nSPS) is 20.2. The van der Waals surface area contributed by atoms with E-state index in [9.17, 15) is 0 Å². The predicted molar refractivity (Wildman–Crippen MR) is 67.1 cm³/mol. The Kier molecular flexibility index (Phi) is 4.47. The van der Waals surface area contributed by atoms with Crippen LogP contribution in [0.1, 0.15) is 12.0 Å². The van der Waals surface area contributed by atoms with E-state index < -0.39 is 0 Å². The van der Waals surface area contributed by atoms with Crippen LogP contribution >= 0.6 is 23.2 Å². The zero-order chi connectivity index (χ0) is 11.4. The summed E-state index contributed by atoms with van der Waals surface area (Å²) in [7, 11) is 0. The lowest BCUT2D eigenvalue weighted by Crippen LogP contribution is -2.22. The summed E-state index contributed by atoms with van der Waals surface area (Å²) in [6.07, 6.45) is 1.15. The molecule has 0 aromatic heterocycles. The largest absolute Gasteiger partial charge is 0.381 e. The van der Waals surface area contributed by atoms with Gasteiger partial charge in [-0.2, -0.15) is 0 Å². The van der Waals surface area contributed by atoms with E-state index in [0.29, 0.717) is 10.9 Å². The predicted octanol–water partition coefficient (Wildman–Crippen LogP) is 3.12. The van der Waals surface area contributed by atoms with Crippen molar-refractivity contribution < 1.29 is 4.74 Å². The van der Waals surface area contributed by atoms with E-state index in [1.807, 2.05) is 12.1 Å². The lowest BCUT2D eigenvalue weighted by atomic mass is 10.1. The smallest absolute Gasteiger partial charge is 0.0507 e. The Labute approximate surface area is 106 Å². The molecular weight excluding hydrogens is 245 g/mol. The number of ether oxygens (including phenoxy) is 1. The summed E-state index contributed by atoms with van der Waals surface area (Å²) in [5.41, 5.74) is 1.09. The molecule has 4 heteroatoms. The molecule has 1 unspecified atom stereocenters. The van der Waals surface area contributed by atoms with Gasteiger partial charge in [0.2, 0.25) is 0 Å². The van der Waals surface area contributed by atoms with E-state index in [-0.39, 0.29) is 0 Å². The molecule has 1 aromatic carbocycles. The fraction of sp³-hybridized carbons (Fsp3) is 0.500. The van der Waals surface area contributed by atoms with Gasteiger partial charge in [0.1, 0.15) is 0 Å². The van der Waals surface area contributed by atoms with Gasteiger partial charge in [0, 0.05) is 29.7 Å². The van der Waals surface area contributed by atoms with Gasteiger partial charge >= 0.3 is 0 Å². The van der Waals surface area contributed by atoms with Crippen molar-refractivity contribution in [1.29, 1.82) is 0 Å². The average Bonchev–Trinajstić information content (AvgIpc) is 2.74. The van der Waals surface area contributed by atoms with Crippen molar-refractivity contribution in [2.24, 2.45) is 5.92 Å². The Balaban J connectivity index is 1.80. The van der Waals surface area contributed by atoms with Gasteiger partial charge in [-0.3, -0.25) is 0 Å². The Morgan fingerprint density at radius 2 is 2.25 bits per heavy atom. The minimum atomic E-state index is 0.645. The summed E-state index contributed by atoms with van der Waals surface area (Å²) in [5.74, 6) is 0.645. The molecule has 0 amide bonds. The molecule has 2 nitrogen and oxygen atoms in total. The van der Waals surface area contributed by atoms with Crippen LogP contribution in [0, 0.1) is 5.92 Å². The molecule has 0 spiro atoms. The summed E-state index contributed by atoms with van der Waals surface area (Å²) >= 11 is 11.9. The molecule has 0 bridgehead atoms. The SMILES string of the molecule is Clc1ccc(CNCC2CCOC2)c(Cl)c1. The molecule has 1 saturated heterocycles. The third-order valence-electron chi connectivity index (χ3n) is 2.79. The van der Waals surface area contributed by atoms with Crippen molar-refractivity contribution in [1.82, 2.24) is 5.32 Å². The summed E-state index contributed by atoms with van der Waals surface area (Å²) < 4.78 is 5.32. The minimum absolute atomic E-state index is 0.645. The van der Waals surface area contributed by atoms with Crippen LogP contribution in [-0.2, 0) is 11.3 Å². The van der Waals surface area contributed by atoms with Gasteiger partial charge < -0.3 is 10.1 Å². The molecule has 0 radical (unpaired) electrons. The zero-order valence-electron chi connectivity index (χ0n) is 9.01. The summed E-state index contributed by atoms with van der Waals surface area (Å²) in [4.78, 5) is 0. The van der Waals surface area contributed by atoms with Gasteiger partial charge in [-0.25, -0.2) is 0 Å². The second-order valence-electron chi connectivity index (χ2n) is 4.10. The van der Waals surface area contributed by atoms with Crippen molar-refractivity contribution in [2.45, 2.75) is 13.0 Å². The van der Waals surface area contributed by atoms with Crippen LogP contribution in [0.5, 0.6) is 0 Å². The monoisotopic (exact) mass is 259 g/mol. The van der Waals surface area contributed by atoms with Crippen LogP contribution < -0.4 is 5.32 Å². The molecule has 0 saturated carbocycles. The van der Waals surface area contributed by atoms with E-state index in [4.69, 9.17) is 27.9 Å². The lowest BCUT2D eigenvalue weighted by Gasteiger charge is -2.10. The molecule has 1 fully saturated rings. The van der Waals surface area contributed by atoms with Gasteiger partial charge in [0.05, 0.1) is 6.61 Å². The fourth-order valence-electron chi connectivity index (χ4n) is 1.82. The van der Waals surface area contributed by atoms with Gasteiger partial charge in [-0.15, -0.1) is 0 Å². The number of hydrogen-bond acceptors (Lipinski definition) is 2. The first-order valence-corrected chi connectivity index (χ1v) is 6.23. The second-order valence-corrected chi connectivity index (χ2v) is 4.94. The van der Waals surface area contributed by atoms with Crippen LogP contribution in [-0.4, -0.2) is 19.8 Å². The van der Waals surface area contributed by atoms with Crippen LogP contribution in [0.4, 0.5) is 0 Å². The first kappa shape index (κ1) is 12.2. The van der Waals surface area contributed by atoms with E-state index in [0.717, 1.165) is 43.3 Å². The number of halogens is 2. The summed E-state index contributed by atoms with van der Waals surface area (Å²) in [6.45, 7) is 3.54. The maximum Gasteiger partial charge on any atom is 0.0507 e. The number of rotatable bonds is 4. The Morgan fingerprint density at radius 3 is 2.94 bits per heavy atom.